The van der Waals surface area contributed by atoms with E-state index in [9.17, 15) is 9.59 Å². The van der Waals surface area contributed by atoms with Crippen molar-refractivity contribution in [2.24, 2.45) is 10.8 Å². The molecule has 0 spiro atoms. The van der Waals surface area contributed by atoms with E-state index in [4.69, 9.17) is 19.9 Å². The SMILES string of the molecule is CCCOc1ccc(C(=O)N/N=C/c2cc(Br)c(OCC(N)=O)c(Br)c2)cc1OCC. The van der Waals surface area contributed by atoms with Gasteiger partial charge in [0.15, 0.2) is 18.1 Å². The molecular weight excluding hydrogens is 534 g/mol. The first-order chi connectivity index (χ1) is 14.8. The molecule has 0 aromatic heterocycles. The van der Waals surface area contributed by atoms with Crippen molar-refractivity contribution in [3.8, 4) is 17.2 Å². The summed E-state index contributed by atoms with van der Waals surface area (Å²) in [6, 6.07) is 8.43. The summed E-state index contributed by atoms with van der Waals surface area (Å²) in [5.74, 6) is 0.571. The number of nitrogens with zero attached hydrogens (tertiary/aromatic N) is 1. The molecule has 2 amide bonds. The maximum absolute atomic E-state index is 12.5. The molecule has 0 aliphatic carbocycles. The smallest absolute Gasteiger partial charge is 0.271 e. The van der Waals surface area contributed by atoms with Gasteiger partial charge in [0.2, 0.25) is 0 Å². The fourth-order valence-electron chi connectivity index (χ4n) is 2.41. The lowest BCUT2D eigenvalue weighted by Crippen LogP contribution is -2.20. The maximum atomic E-state index is 12.5. The Kier molecular flexibility index (Phi) is 9.80. The summed E-state index contributed by atoms with van der Waals surface area (Å²) in [7, 11) is 0. The van der Waals surface area contributed by atoms with Crippen LogP contribution in [0, 0.1) is 0 Å². The normalized spacial score (nSPS) is 10.7. The van der Waals surface area contributed by atoms with Gasteiger partial charge in [-0.2, -0.15) is 5.10 Å². The third-order valence-electron chi connectivity index (χ3n) is 3.73. The lowest BCUT2D eigenvalue weighted by molar-refractivity contribution is -0.119. The lowest BCUT2D eigenvalue weighted by Gasteiger charge is -2.12. The number of nitrogens with two attached hydrogens (primary N) is 1. The monoisotopic (exact) mass is 555 g/mol. The molecule has 0 aliphatic heterocycles. The van der Waals surface area contributed by atoms with Gasteiger partial charge in [-0.3, -0.25) is 9.59 Å². The topological polar surface area (TPSA) is 112 Å². The predicted molar refractivity (Wildman–Crippen MR) is 125 cm³/mol. The molecule has 10 heteroatoms. The van der Waals surface area contributed by atoms with Crippen LogP contribution in [0.4, 0.5) is 0 Å². The fraction of sp³-hybridized carbons (Fsp3) is 0.286. The van der Waals surface area contributed by atoms with Crippen molar-refractivity contribution in [3.63, 3.8) is 0 Å². The van der Waals surface area contributed by atoms with Crippen LogP contribution >= 0.6 is 31.9 Å². The van der Waals surface area contributed by atoms with E-state index in [0.717, 1.165) is 6.42 Å². The fourth-order valence-corrected chi connectivity index (χ4v) is 3.86. The maximum Gasteiger partial charge on any atom is 0.271 e. The zero-order valence-electron chi connectivity index (χ0n) is 17.1. The number of carbonyl (C=O) groups excluding carboxylic acids is 2. The van der Waals surface area contributed by atoms with Crippen LogP contribution in [0.5, 0.6) is 17.2 Å². The molecule has 0 saturated carbocycles. The second kappa shape index (κ2) is 12.3. The van der Waals surface area contributed by atoms with E-state index in [0.29, 0.717) is 50.5 Å². The number of rotatable bonds is 11. The highest BCUT2D eigenvalue weighted by Gasteiger charge is 2.12. The minimum Gasteiger partial charge on any atom is -0.490 e. The molecule has 0 fully saturated rings. The predicted octanol–water partition coefficient (Wildman–Crippen LogP) is 4.03. The summed E-state index contributed by atoms with van der Waals surface area (Å²) in [6.07, 6.45) is 2.35. The number of hydrazone groups is 1. The highest BCUT2D eigenvalue weighted by atomic mass is 79.9. The van der Waals surface area contributed by atoms with Gasteiger partial charge in [-0.15, -0.1) is 0 Å². The van der Waals surface area contributed by atoms with E-state index in [-0.39, 0.29) is 6.61 Å². The second-order valence-corrected chi connectivity index (χ2v) is 7.92. The van der Waals surface area contributed by atoms with E-state index in [1.807, 2.05) is 13.8 Å². The minimum atomic E-state index is -0.579. The molecule has 0 heterocycles. The average Bonchev–Trinajstić information content (AvgIpc) is 2.72. The van der Waals surface area contributed by atoms with Gasteiger partial charge in [0.05, 0.1) is 28.4 Å². The molecule has 2 rings (SSSR count). The van der Waals surface area contributed by atoms with E-state index >= 15 is 0 Å². The third-order valence-corrected chi connectivity index (χ3v) is 4.90. The molecule has 0 radical (unpaired) electrons. The Hall–Kier alpha value is -2.59. The number of halogens is 2. The van der Waals surface area contributed by atoms with Crippen LogP contribution in [-0.2, 0) is 4.79 Å². The van der Waals surface area contributed by atoms with Crippen molar-refractivity contribution in [2.75, 3.05) is 19.8 Å². The Balaban J connectivity index is 2.08. The van der Waals surface area contributed by atoms with Gasteiger partial charge < -0.3 is 19.9 Å². The summed E-state index contributed by atoms with van der Waals surface area (Å²) in [5.41, 5.74) is 8.66. The van der Waals surface area contributed by atoms with Gasteiger partial charge in [-0.05, 0) is 81.1 Å². The van der Waals surface area contributed by atoms with Crippen molar-refractivity contribution in [1.29, 1.82) is 0 Å². The molecule has 0 atom stereocenters. The first-order valence-electron chi connectivity index (χ1n) is 9.48. The summed E-state index contributed by atoms with van der Waals surface area (Å²) < 4.78 is 17.8. The molecule has 166 valence electrons. The van der Waals surface area contributed by atoms with Gasteiger partial charge in [0.25, 0.3) is 11.8 Å². The summed E-state index contributed by atoms with van der Waals surface area (Å²) in [4.78, 5) is 23.3. The molecular formula is C21H23Br2N3O5. The van der Waals surface area contributed by atoms with Gasteiger partial charge >= 0.3 is 0 Å². The molecule has 2 aromatic carbocycles. The Morgan fingerprint density at radius 2 is 1.77 bits per heavy atom. The molecule has 2 aromatic rings. The molecule has 0 saturated heterocycles. The standard InChI is InChI=1S/C21H23Br2N3O5/c1-3-7-30-17-6-5-14(10-18(17)29-4-2)21(28)26-25-11-13-8-15(22)20(16(23)9-13)31-12-19(24)27/h5-6,8-11H,3-4,7,12H2,1-2H3,(H2,24,27)(H,26,28)/b25-11+. The lowest BCUT2D eigenvalue weighted by atomic mass is 10.2. The number of ether oxygens (including phenoxy) is 3. The number of hydrogen-bond acceptors (Lipinski definition) is 6. The molecule has 31 heavy (non-hydrogen) atoms. The van der Waals surface area contributed by atoms with Crippen molar-refractivity contribution >= 4 is 49.9 Å². The number of primary amides is 1. The highest BCUT2D eigenvalue weighted by molar-refractivity contribution is 9.11. The van der Waals surface area contributed by atoms with Crippen molar-refractivity contribution < 1.29 is 23.8 Å². The van der Waals surface area contributed by atoms with Gasteiger partial charge in [0, 0.05) is 5.56 Å². The Labute approximate surface area is 197 Å². The van der Waals surface area contributed by atoms with E-state index in [2.05, 4.69) is 42.4 Å². The molecule has 0 aliphatic rings. The van der Waals surface area contributed by atoms with E-state index in [1.165, 1.54) is 6.21 Å². The van der Waals surface area contributed by atoms with Crippen LogP contribution in [0.1, 0.15) is 36.2 Å². The second-order valence-electron chi connectivity index (χ2n) is 6.21. The van der Waals surface area contributed by atoms with Crippen LogP contribution in [0.2, 0.25) is 0 Å². The van der Waals surface area contributed by atoms with Crippen molar-refractivity contribution in [2.45, 2.75) is 20.3 Å². The van der Waals surface area contributed by atoms with Crippen LogP contribution in [0.15, 0.2) is 44.4 Å². The molecule has 3 N–H and O–H groups in total. The quantitative estimate of drug-likeness (QED) is 0.320. The van der Waals surface area contributed by atoms with E-state index in [1.54, 1.807) is 30.3 Å². The minimum absolute atomic E-state index is 0.243. The number of nitrogens with one attached hydrogen (secondary N) is 1. The summed E-state index contributed by atoms with van der Waals surface area (Å²) in [6.45, 7) is 4.65. The van der Waals surface area contributed by atoms with Crippen molar-refractivity contribution in [3.05, 3.63) is 50.4 Å². The van der Waals surface area contributed by atoms with E-state index < -0.39 is 11.8 Å². The van der Waals surface area contributed by atoms with Crippen LogP contribution in [-0.4, -0.2) is 37.8 Å². The largest absolute Gasteiger partial charge is 0.490 e. The van der Waals surface area contributed by atoms with Gasteiger partial charge in [-0.1, -0.05) is 6.92 Å². The first-order valence-corrected chi connectivity index (χ1v) is 11.1. The van der Waals surface area contributed by atoms with Crippen LogP contribution < -0.4 is 25.4 Å². The van der Waals surface area contributed by atoms with Gasteiger partial charge in [-0.25, -0.2) is 5.43 Å². The number of carbonyl (C=O) groups is 2. The van der Waals surface area contributed by atoms with Crippen LogP contribution in [0.25, 0.3) is 0 Å². The first kappa shape index (κ1) is 24.7. The third kappa shape index (κ3) is 7.55. The summed E-state index contributed by atoms with van der Waals surface area (Å²) in [5, 5.41) is 4.00. The molecule has 0 unspecified atom stereocenters. The zero-order chi connectivity index (χ0) is 22.8. The number of hydrogen-bond donors (Lipinski definition) is 2. The highest BCUT2D eigenvalue weighted by Crippen LogP contribution is 2.34. The number of amides is 2. The van der Waals surface area contributed by atoms with Crippen molar-refractivity contribution in [1.82, 2.24) is 5.43 Å². The average molecular weight is 557 g/mol. The molecule has 0 bridgehead atoms. The zero-order valence-corrected chi connectivity index (χ0v) is 20.3. The van der Waals surface area contributed by atoms with Crippen LogP contribution in [0.3, 0.4) is 0 Å². The number of benzene rings is 2. The van der Waals surface area contributed by atoms with Gasteiger partial charge in [0.1, 0.15) is 5.75 Å². The molecule has 8 nitrogen and oxygen atoms in total. The Bertz CT molecular complexity index is 943. The Morgan fingerprint density at radius 3 is 2.39 bits per heavy atom. The summed E-state index contributed by atoms with van der Waals surface area (Å²) >= 11 is 6.74. The Morgan fingerprint density at radius 1 is 1.06 bits per heavy atom.